The molecule has 0 saturated heterocycles. The number of fused-ring (bicyclic) bond motifs is 1. The maximum absolute atomic E-state index is 12.0. The molecule has 1 heterocycles. The van der Waals surface area contributed by atoms with Crippen LogP contribution in [0.2, 0.25) is 0 Å². The standard InChI is InChI=1S/C13H12BrNO3/c1-3-18-13(17)9-6-10(16)11-7(2)4-5-8(14)12(11)15-9/h4-6H,3H2,1-2H3,(H,15,16). The quantitative estimate of drug-likeness (QED) is 0.868. The number of halogens is 1. The van der Waals surface area contributed by atoms with E-state index in [1.807, 2.05) is 19.1 Å². The van der Waals surface area contributed by atoms with Gasteiger partial charge in [-0.3, -0.25) is 4.79 Å². The maximum Gasteiger partial charge on any atom is 0.354 e. The van der Waals surface area contributed by atoms with E-state index < -0.39 is 5.97 Å². The van der Waals surface area contributed by atoms with Crippen LogP contribution in [0, 0.1) is 6.92 Å². The average Bonchev–Trinajstić information content (AvgIpc) is 2.33. The summed E-state index contributed by atoms with van der Waals surface area (Å²) in [4.78, 5) is 26.6. The highest BCUT2D eigenvalue weighted by atomic mass is 79.9. The Morgan fingerprint density at radius 2 is 2.17 bits per heavy atom. The molecule has 0 saturated carbocycles. The highest BCUT2D eigenvalue weighted by molar-refractivity contribution is 9.10. The number of aromatic amines is 1. The van der Waals surface area contributed by atoms with Gasteiger partial charge in [-0.2, -0.15) is 0 Å². The van der Waals surface area contributed by atoms with Gasteiger partial charge in [0.25, 0.3) is 0 Å². The van der Waals surface area contributed by atoms with Crippen molar-refractivity contribution in [3.05, 3.63) is 44.2 Å². The van der Waals surface area contributed by atoms with Gasteiger partial charge in [0.1, 0.15) is 5.69 Å². The predicted octanol–water partition coefficient (Wildman–Crippen LogP) is 2.78. The summed E-state index contributed by atoms with van der Waals surface area (Å²) in [6, 6.07) is 4.97. The largest absolute Gasteiger partial charge is 0.461 e. The second-order valence-electron chi connectivity index (χ2n) is 3.88. The first kappa shape index (κ1) is 12.8. The highest BCUT2D eigenvalue weighted by Crippen LogP contribution is 2.22. The van der Waals surface area contributed by atoms with E-state index in [9.17, 15) is 9.59 Å². The zero-order chi connectivity index (χ0) is 13.3. The van der Waals surface area contributed by atoms with E-state index in [2.05, 4.69) is 20.9 Å². The van der Waals surface area contributed by atoms with Gasteiger partial charge in [-0.15, -0.1) is 0 Å². The molecule has 4 nitrogen and oxygen atoms in total. The van der Waals surface area contributed by atoms with E-state index in [4.69, 9.17) is 4.74 Å². The van der Waals surface area contributed by atoms with Crippen molar-refractivity contribution >= 4 is 32.8 Å². The van der Waals surface area contributed by atoms with Crippen LogP contribution in [0.1, 0.15) is 23.0 Å². The summed E-state index contributed by atoms with van der Waals surface area (Å²) in [7, 11) is 0. The van der Waals surface area contributed by atoms with Crippen LogP contribution in [-0.4, -0.2) is 17.6 Å². The van der Waals surface area contributed by atoms with Crippen molar-refractivity contribution in [3.63, 3.8) is 0 Å². The Hall–Kier alpha value is -1.62. The molecule has 0 aliphatic rings. The number of carbonyl (C=O) groups excluding carboxylic acids is 1. The lowest BCUT2D eigenvalue weighted by Gasteiger charge is -2.07. The van der Waals surface area contributed by atoms with E-state index in [1.165, 1.54) is 6.07 Å². The summed E-state index contributed by atoms with van der Waals surface area (Å²) in [5.74, 6) is -0.523. The minimum absolute atomic E-state index is 0.167. The summed E-state index contributed by atoms with van der Waals surface area (Å²) in [6.07, 6.45) is 0. The van der Waals surface area contributed by atoms with Gasteiger partial charge in [0.15, 0.2) is 5.43 Å². The van der Waals surface area contributed by atoms with Crippen LogP contribution in [0.5, 0.6) is 0 Å². The van der Waals surface area contributed by atoms with E-state index in [0.717, 1.165) is 10.0 Å². The van der Waals surface area contributed by atoms with Crippen molar-refractivity contribution in [2.75, 3.05) is 6.61 Å². The lowest BCUT2D eigenvalue weighted by atomic mass is 10.1. The first-order valence-electron chi connectivity index (χ1n) is 5.54. The Morgan fingerprint density at radius 3 is 2.83 bits per heavy atom. The molecule has 2 aromatic rings. The van der Waals surface area contributed by atoms with E-state index in [0.29, 0.717) is 10.9 Å². The summed E-state index contributed by atoms with van der Waals surface area (Å²) in [5.41, 5.74) is 1.46. The number of hydrogen-bond acceptors (Lipinski definition) is 3. The van der Waals surface area contributed by atoms with Crippen molar-refractivity contribution in [3.8, 4) is 0 Å². The number of nitrogens with one attached hydrogen (secondary N) is 1. The van der Waals surface area contributed by atoms with Crippen LogP contribution in [0.15, 0.2) is 27.5 Å². The molecule has 2 rings (SSSR count). The predicted molar refractivity (Wildman–Crippen MR) is 73.0 cm³/mol. The number of hydrogen-bond donors (Lipinski definition) is 1. The zero-order valence-electron chi connectivity index (χ0n) is 10.0. The lowest BCUT2D eigenvalue weighted by Crippen LogP contribution is -2.13. The molecule has 1 N–H and O–H groups in total. The monoisotopic (exact) mass is 309 g/mol. The SMILES string of the molecule is CCOC(=O)c1cc(=O)c2c(C)ccc(Br)c2[nH]1. The number of ether oxygens (including phenoxy) is 1. The minimum atomic E-state index is -0.523. The molecule has 94 valence electrons. The molecular formula is C13H12BrNO3. The highest BCUT2D eigenvalue weighted by Gasteiger charge is 2.13. The summed E-state index contributed by atoms with van der Waals surface area (Å²) >= 11 is 3.37. The van der Waals surface area contributed by atoms with Crippen molar-refractivity contribution in [2.45, 2.75) is 13.8 Å². The molecule has 1 aromatic carbocycles. The Morgan fingerprint density at radius 1 is 1.44 bits per heavy atom. The van der Waals surface area contributed by atoms with E-state index >= 15 is 0 Å². The third-order valence-electron chi connectivity index (χ3n) is 2.64. The van der Waals surface area contributed by atoms with Crippen molar-refractivity contribution in [1.29, 1.82) is 0 Å². The van der Waals surface area contributed by atoms with Crippen LogP contribution >= 0.6 is 15.9 Å². The number of aromatic nitrogens is 1. The molecule has 0 aliphatic carbocycles. The van der Waals surface area contributed by atoms with Gasteiger partial charge in [0.05, 0.1) is 12.1 Å². The number of rotatable bonds is 2. The van der Waals surface area contributed by atoms with Gasteiger partial charge < -0.3 is 9.72 Å². The van der Waals surface area contributed by atoms with Crippen molar-refractivity contribution in [1.82, 2.24) is 4.98 Å². The van der Waals surface area contributed by atoms with Gasteiger partial charge in [-0.1, -0.05) is 6.07 Å². The molecule has 0 atom stereocenters. The molecule has 0 aliphatic heterocycles. The second kappa shape index (κ2) is 4.94. The van der Waals surface area contributed by atoms with Crippen molar-refractivity contribution in [2.24, 2.45) is 0 Å². The molecule has 0 fully saturated rings. The Balaban J connectivity index is 2.73. The minimum Gasteiger partial charge on any atom is -0.461 e. The fraction of sp³-hybridized carbons (Fsp3) is 0.231. The molecule has 18 heavy (non-hydrogen) atoms. The van der Waals surface area contributed by atoms with Crippen molar-refractivity contribution < 1.29 is 9.53 Å². The van der Waals surface area contributed by atoms with Crippen LogP contribution in [-0.2, 0) is 4.74 Å². The summed E-state index contributed by atoms with van der Waals surface area (Å²) in [6.45, 7) is 3.85. The molecule has 0 bridgehead atoms. The molecule has 1 aromatic heterocycles. The Labute approximate surface area is 112 Å². The van der Waals surface area contributed by atoms with Gasteiger partial charge in [0.2, 0.25) is 0 Å². The topological polar surface area (TPSA) is 59.2 Å². The molecule has 0 amide bonds. The fourth-order valence-corrected chi connectivity index (χ4v) is 2.24. The first-order valence-corrected chi connectivity index (χ1v) is 6.33. The van der Waals surface area contributed by atoms with E-state index in [1.54, 1.807) is 6.92 Å². The smallest absolute Gasteiger partial charge is 0.354 e. The number of esters is 1. The zero-order valence-corrected chi connectivity index (χ0v) is 11.6. The van der Waals surface area contributed by atoms with Gasteiger partial charge in [-0.25, -0.2) is 4.79 Å². The van der Waals surface area contributed by atoms with Gasteiger partial charge >= 0.3 is 5.97 Å². The van der Waals surface area contributed by atoms with Crippen LogP contribution in [0.3, 0.4) is 0 Å². The number of H-pyrrole nitrogens is 1. The molecule has 0 radical (unpaired) electrons. The molecule has 0 spiro atoms. The van der Waals surface area contributed by atoms with Crippen LogP contribution < -0.4 is 5.43 Å². The maximum atomic E-state index is 12.0. The molecule has 5 heteroatoms. The van der Waals surface area contributed by atoms with Gasteiger partial charge in [0, 0.05) is 15.9 Å². The van der Waals surface area contributed by atoms with E-state index in [-0.39, 0.29) is 17.7 Å². The first-order chi connectivity index (χ1) is 8.54. The normalized spacial score (nSPS) is 10.6. The molecule has 0 unspecified atom stereocenters. The number of carbonyl (C=O) groups is 1. The van der Waals surface area contributed by atoms with Crippen LogP contribution in [0.25, 0.3) is 10.9 Å². The number of aryl methyl sites for hydroxylation is 1. The van der Waals surface area contributed by atoms with Gasteiger partial charge in [-0.05, 0) is 41.4 Å². The third-order valence-corrected chi connectivity index (χ3v) is 3.30. The summed E-state index contributed by atoms with van der Waals surface area (Å²) < 4.78 is 5.62. The Bertz CT molecular complexity index is 676. The number of benzene rings is 1. The Kier molecular flexibility index (Phi) is 3.52. The third kappa shape index (κ3) is 2.18. The summed E-state index contributed by atoms with van der Waals surface area (Å²) in [5, 5.41) is 0.581. The fourth-order valence-electron chi connectivity index (χ4n) is 1.81. The average molecular weight is 310 g/mol. The second-order valence-corrected chi connectivity index (χ2v) is 4.74. The number of pyridine rings is 1. The molecular weight excluding hydrogens is 298 g/mol. The lowest BCUT2D eigenvalue weighted by molar-refractivity contribution is 0.0520. The van der Waals surface area contributed by atoms with Crippen LogP contribution in [0.4, 0.5) is 0 Å².